The largest absolute Gasteiger partial charge is 0.507 e. The fraction of sp³-hybridized carbons (Fsp3) is 0.333. The third-order valence-electron chi connectivity index (χ3n) is 2.90. The molecule has 15 heavy (non-hydrogen) atoms. The second-order valence-electron chi connectivity index (χ2n) is 3.91. The van der Waals surface area contributed by atoms with Crippen LogP contribution in [-0.2, 0) is 9.47 Å². The number of ether oxygens (including phenoxy) is 2. The molecular weight excluding hydrogens is 192 g/mol. The maximum Gasteiger partial charge on any atom is 0.189 e. The molecule has 0 aromatic heterocycles. The Kier molecular flexibility index (Phi) is 1.84. The fourth-order valence-electron chi connectivity index (χ4n) is 2.07. The summed E-state index contributed by atoms with van der Waals surface area (Å²) in [4.78, 5) is 0. The van der Waals surface area contributed by atoms with Gasteiger partial charge in [0.05, 0.1) is 11.7 Å². The highest BCUT2D eigenvalue weighted by Crippen LogP contribution is 2.40. The Labute approximate surface area is 87.9 Å². The number of rotatable bonds is 0. The lowest BCUT2D eigenvalue weighted by molar-refractivity contribution is -0.0634. The van der Waals surface area contributed by atoms with Crippen molar-refractivity contribution in [1.82, 2.24) is 0 Å². The van der Waals surface area contributed by atoms with Gasteiger partial charge in [0.15, 0.2) is 6.29 Å². The minimum absolute atomic E-state index is 0.0122. The number of hydrogen-bond donors (Lipinski definition) is 1. The first kappa shape index (κ1) is 8.95. The zero-order chi connectivity index (χ0) is 10.4. The number of aromatic hydroxyl groups is 1. The van der Waals surface area contributed by atoms with E-state index >= 15 is 0 Å². The van der Waals surface area contributed by atoms with Gasteiger partial charge in [0.25, 0.3) is 0 Å². The van der Waals surface area contributed by atoms with Crippen LogP contribution in [0.15, 0.2) is 24.3 Å². The molecule has 2 aliphatic heterocycles. The van der Waals surface area contributed by atoms with Crippen LogP contribution in [0.3, 0.4) is 0 Å². The maximum atomic E-state index is 9.79. The molecule has 2 bridgehead atoms. The van der Waals surface area contributed by atoms with Gasteiger partial charge in [0.2, 0.25) is 0 Å². The molecule has 3 atom stereocenters. The summed E-state index contributed by atoms with van der Waals surface area (Å²) in [6, 6.07) is 5.42. The Morgan fingerprint density at radius 3 is 3.00 bits per heavy atom. The first-order chi connectivity index (χ1) is 7.25. The van der Waals surface area contributed by atoms with Crippen molar-refractivity contribution in [2.75, 3.05) is 0 Å². The molecule has 1 saturated heterocycles. The molecule has 1 N–H and O–H groups in total. The predicted octanol–water partition coefficient (Wildman–Crippen LogP) is 2.22. The van der Waals surface area contributed by atoms with E-state index in [0.29, 0.717) is 0 Å². The van der Waals surface area contributed by atoms with Gasteiger partial charge >= 0.3 is 0 Å². The summed E-state index contributed by atoms with van der Waals surface area (Å²) in [7, 11) is 0. The van der Waals surface area contributed by atoms with Crippen LogP contribution in [0.2, 0.25) is 0 Å². The number of benzene rings is 1. The van der Waals surface area contributed by atoms with Crippen LogP contribution in [0.5, 0.6) is 5.75 Å². The van der Waals surface area contributed by atoms with Crippen LogP contribution >= 0.6 is 0 Å². The molecule has 3 rings (SSSR count). The molecule has 0 unspecified atom stereocenters. The molecule has 1 aromatic rings. The van der Waals surface area contributed by atoms with Crippen molar-refractivity contribution in [2.45, 2.75) is 25.4 Å². The minimum atomic E-state index is -0.434. The normalized spacial score (nSPS) is 32.5. The van der Waals surface area contributed by atoms with E-state index in [1.165, 1.54) is 0 Å². The Bertz CT molecular complexity index is 425. The molecule has 3 heteroatoms. The molecule has 1 aromatic carbocycles. The first-order valence-corrected chi connectivity index (χ1v) is 5.07. The van der Waals surface area contributed by atoms with Gasteiger partial charge in [0.1, 0.15) is 11.9 Å². The topological polar surface area (TPSA) is 38.7 Å². The average molecular weight is 204 g/mol. The molecule has 0 amide bonds. The Balaban J connectivity index is 2.15. The summed E-state index contributed by atoms with van der Waals surface area (Å²) < 4.78 is 11.3. The van der Waals surface area contributed by atoms with Crippen molar-refractivity contribution < 1.29 is 14.6 Å². The molecule has 0 saturated carbocycles. The smallest absolute Gasteiger partial charge is 0.189 e. The Morgan fingerprint density at radius 2 is 2.13 bits per heavy atom. The van der Waals surface area contributed by atoms with E-state index in [1.54, 1.807) is 6.07 Å². The Morgan fingerprint density at radius 1 is 1.27 bits per heavy atom. The molecule has 0 radical (unpaired) electrons. The van der Waals surface area contributed by atoms with Crippen LogP contribution in [0.4, 0.5) is 0 Å². The van der Waals surface area contributed by atoms with Crippen molar-refractivity contribution in [1.29, 1.82) is 0 Å². The van der Waals surface area contributed by atoms with E-state index in [1.807, 2.05) is 31.2 Å². The van der Waals surface area contributed by atoms with Gasteiger partial charge in [-0.15, -0.1) is 0 Å². The fourth-order valence-corrected chi connectivity index (χ4v) is 2.07. The summed E-state index contributed by atoms with van der Waals surface area (Å²) in [5, 5.41) is 9.79. The highest BCUT2D eigenvalue weighted by Gasteiger charge is 2.36. The summed E-state index contributed by atoms with van der Waals surface area (Å²) in [5.41, 5.74) is 1.70. The van der Waals surface area contributed by atoms with Crippen LogP contribution in [0.1, 0.15) is 24.3 Å². The van der Waals surface area contributed by atoms with Crippen LogP contribution in [0.25, 0.3) is 6.08 Å². The molecule has 0 spiro atoms. The molecular formula is C12H12O3. The standard InChI is InChI=1S/C12H12O3/c1-7-10-6-5-8-3-2-4-9(13)11(8)12(14-7)15-10/h2-7,10,12-13H,1H3/t7-,10-,12+/m0/s1. The molecule has 78 valence electrons. The van der Waals surface area contributed by atoms with Crippen molar-refractivity contribution in [3.63, 3.8) is 0 Å². The highest BCUT2D eigenvalue weighted by molar-refractivity contribution is 5.60. The molecule has 2 heterocycles. The van der Waals surface area contributed by atoms with E-state index in [9.17, 15) is 5.11 Å². The van der Waals surface area contributed by atoms with E-state index in [-0.39, 0.29) is 18.0 Å². The SMILES string of the molecule is C[C@@H]1O[C@@H]2O[C@H]1C=Cc1cccc(O)c12. The van der Waals surface area contributed by atoms with E-state index in [2.05, 4.69) is 0 Å². The van der Waals surface area contributed by atoms with Crippen molar-refractivity contribution >= 4 is 6.08 Å². The average Bonchev–Trinajstić information content (AvgIpc) is 2.45. The zero-order valence-corrected chi connectivity index (χ0v) is 8.38. The summed E-state index contributed by atoms with van der Waals surface area (Å²) >= 11 is 0. The molecule has 3 nitrogen and oxygen atoms in total. The predicted molar refractivity (Wildman–Crippen MR) is 55.3 cm³/mol. The third kappa shape index (κ3) is 1.28. The van der Waals surface area contributed by atoms with Gasteiger partial charge < -0.3 is 14.6 Å². The maximum absolute atomic E-state index is 9.79. The lowest BCUT2D eigenvalue weighted by Crippen LogP contribution is -2.15. The van der Waals surface area contributed by atoms with Gasteiger partial charge in [-0.3, -0.25) is 0 Å². The van der Waals surface area contributed by atoms with E-state index in [4.69, 9.17) is 9.47 Å². The summed E-state index contributed by atoms with van der Waals surface area (Å²) in [6.45, 7) is 1.97. The quantitative estimate of drug-likeness (QED) is 0.704. The van der Waals surface area contributed by atoms with E-state index in [0.717, 1.165) is 11.1 Å². The lowest BCUT2D eigenvalue weighted by atomic mass is 10.0. The molecule has 2 aliphatic rings. The van der Waals surface area contributed by atoms with Gasteiger partial charge in [-0.2, -0.15) is 0 Å². The van der Waals surface area contributed by atoms with Crippen LogP contribution in [0, 0.1) is 0 Å². The lowest BCUT2D eigenvalue weighted by Gasteiger charge is -2.14. The van der Waals surface area contributed by atoms with Crippen molar-refractivity contribution in [2.24, 2.45) is 0 Å². The second kappa shape index (κ2) is 3.08. The van der Waals surface area contributed by atoms with Gasteiger partial charge in [-0.25, -0.2) is 0 Å². The van der Waals surface area contributed by atoms with E-state index < -0.39 is 6.29 Å². The van der Waals surface area contributed by atoms with Crippen molar-refractivity contribution in [3.8, 4) is 5.75 Å². The van der Waals surface area contributed by atoms with Crippen LogP contribution in [-0.4, -0.2) is 17.3 Å². The van der Waals surface area contributed by atoms with Gasteiger partial charge in [-0.05, 0) is 18.6 Å². The van der Waals surface area contributed by atoms with Crippen molar-refractivity contribution in [3.05, 3.63) is 35.4 Å². The number of hydrogen-bond acceptors (Lipinski definition) is 3. The number of fused-ring (bicyclic) bond motifs is 4. The molecule has 0 aliphatic carbocycles. The van der Waals surface area contributed by atoms with Crippen LogP contribution < -0.4 is 0 Å². The summed E-state index contributed by atoms with van der Waals surface area (Å²) in [6.07, 6.45) is 3.56. The Hall–Kier alpha value is -1.32. The second-order valence-corrected chi connectivity index (χ2v) is 3.91. The third-order valence-corrected chi connectivity index (χ3v) is 2.90. The highest BCUT2D eigenvalue weighted by atomic mass is 16.7. The minimum Gasteiger partial charge on any atom is -0.507 e. The van der Waals surface area contributed by atoms with Gasteiger partial charge in [0, 0.05) is 0 Å². The summed E-state index contributed by atoms with van der Waals surface area (Å²) in [5.74, 6) is 0.233. The van der Waals surface area contributed by atoms with Gasteiger partial charge in [-0.1, -0.05) is 24.3 Å². The molecule has 1 fully saturated rings. The number of phenolic OH excluding ortho intramolecular Hbond substituents is 1. The zero-order valence-electron chi connectivity index (χ0n) is 8.38. The number of phenols is 1. The first-order valence-electron chi connectivity index (χ1n) is 5.07. The monoisotopic (exact) mass is 204 g/mol.